The average molecular weight is 457 g/mol. The summed E-state index contributed by atoms with van der Waals surface area (Å²) in [5, 5.41) is 8.49. The molecule has 2 atom stereocenters. The molecule has 1 saturated heterocycles. The molecular weight excluding hydrogens is 438 g/mol. The number of rotatable bonds is 10. The smallest absolute Gasteiger partial charge is 0.254 e. The van der Waals surface area contributed by atoms with E-state index in [0.29, 0.717) is 29.9 Å². The predicted molar refractivity (Wildman–Crippen MR) is 118 cm³/mol. The number of carbonyl (C=O) groups is 2. The normalized spacial score (nSPS) is 16.6. The number of hydrogen-bond donors (Lipinski definition) is 0. The molecule has 1 aliphatic heterocycles. The van der Waals surface area contributed by atoms with Gasteiger partial charge in [-0.25, -0.2) is 4.98 Å². The number of ether oxygens (including phenoxy) is 1. The van der Waals surface area contributed by atoms with E-state index < -0.39 is 6.04 Å². The molecule has 1 aromatic heterocycles. The summed E-state index contributed by atoms with van der Waals surface area (Å²) in [5.41, 5.74) is 0.452. The molecule has 0 bridgehead atoms. The fraction of sp³-hybridized carbons (Fsp3) is 0.350. The van der Waals surface area contributed by atoms with E-state index in [2.05, 4.69) is 20.5 Å². The van der Waals surface area contributed by atoms with Gasteiger partial charge in [0.25, 0.3) is 5.91 Å². The Morgan fingerprint density at radius 3 is 2.81 bits per heavy atom. The van der Waals surface area contributed by atoms with Crippen molar-refractivity contribution in [3.05, 3.63) is 67.9 Å². The van der Waals surface area contributed by atoms with Crippen LogP contribution in [0.1, 0.15) is 32.3 Å². The number of hydrogen-bond acceptors (Lipinski definition) is 11. The van der Waals surface area contributed by atoms with Crippen molar-refractivity contribution in [2.45, 2.75) is 12.1 Å². The molecule has 166 valence electrons. The minimum Gasteiger partial charge on any atom is -0.475 e. The van der Waals surface area contributed by atoms with Crippen LogP contribution in [-0.4, -0.2) is 59.3 Å². The topological polar surface area (TPSA) is 148 Å². The van der Waals surface area contributed by atoms with Crippen LogP contribution >= 0.6 is 11.8 Å². The second-order valence-electron chi connectivity index (χ2n) is 6.82. The molecule has 0 radical (unpaired) electrons. The van der Waals surface area contributed by atoms with E-state index in [1.54, 1.807) is 40.9 Å². The predicted octanol–water partition coefficient (Wildman–Crippen LogP) is 3.50. The third-order valence-corrected chi connectivity index (χ3v) is 6.06. The summed E-state index contributed by atoms with van der Waals surface area (Å²) in [4.78, 5) is 63.1. The monoisotopic (exact) mass is 457 g/mol. The first kappa shape index (κ1) is 23.1. The van der Waals surface area contributed by atoms with Gasteiger partial charge in [-0.05, 0) is 22.9 Å². The van der Waals surface area contributed by atoms with Crippen molar-refractivity contribution in [2.75, 3.05) is 31.2 Å². The molecule has 1 aliphatic rings. The van der Waals surface area contributed by atoms with Gasteiger partial charge in [-0.1, -0.05) is 28.6 Å². The van der Waals surface area contributed by atoms with E-state index in [0.717, 1.165) is 0 Å². The van der Waals surface area contributed by atoms with Gasteiger partial charge in [0.1, 0.15) is 30.4 Å². The Balaban J connectivity index is 1.83. The Morgan fingerprint density at radius 2 is 2.09 bits per heavy atom. The lowest BCUT2D eigenvalue weighted by Gasteiger charge is -2.35. The Morgan fingerprint density at radius 1 is 1.28 bits per heavy atom. The molecule has 0 N–H and O–H groups in total. The number of benzene rings is 1. The molecule has 2 aromatic rings. The number of aldehydes is 1. The van der Waals surface area contributed by atoms with Crippen LogP contribution in [0.4, 0.5) is 5.69 Å². The zero-order valence-electron chi connectivity index (χ0n) is 16.8. The molecule has 32 heavy (non-hydrogen) atoms. The molecule has 2 heterocycles. The van der Waals surface area contributed by atoms with Gasteiger partial charge in [-0.2, -0.15) is 21.6 Å². The zero-order valence-corrected chi connectivity index (χ0v) is 17.6. The van der Waals surface area contributed by atoms with Crippen LogP contribution in [0, 0.1) is 14.7 Å². The average Bonchev–Trinajstić information content (AvgIpc) is 2.85. The van der Waals surface area contributed by atoms with E-state index in [-0.39, 0.29) is 47.8 Å². The van der Waals surface area contributed by atoms with Gasteiger partial charge in [0, 0.05) is 29.8 Å². The van der Waals surface area contributed by atoms with Crippen molar-refractivity contribution < 1.29 is 14.3 Å². The lowest BCUT2D eigenvalue weighted by molar-refractivity contribution is 0.0642. The van der Waals surface area contributed by atoms with Gasteiger partial charge in [0.15, 0.2) is 6.29 Å². The first-order chi connectivity index (χ1) is 15.6. The fourth-order valence-corrected chi connectivity index (χ4v) is 4.42. The number of nitroso groups, excluding NO2 is 3. The van der Waals surface area contributed by atoms with Crippen molar-refractivity contribution in [1.82, 2.24) is 9.88 Å². The lowest BCUT2D eigenvalue weighted by Crippen LogP contribution is -2.49. The summed E-state index contributed by atoms with van der Waals surface area (Å²) in [7, 11) is 0. The second kappa shape index (κ2) is 11.2. The van der Waals surface area contributed by atoms with Gasteiger partial charge in [0.05, 0.1) is 6.04 Å². The van der Waals surface area contributed by atoms with Gasteiger partial charge in [0.2, 0.25) is 5.88 Å². The Hall–Kier alpha value is -3.54. The number of aromatic nitrogens is 1. The van der Waals surface area contributed by atoms with Crippen molar-refractivity contribution in [1.29, 1.82) is 0 Å². The van der Waals surface area contributed by atoms with Crippen molar-refractivity contribution >= 4 is 29.6 Å². The standard InChI is InChI=1S/C20H19N5O6S/c26-10-16-17(23-29)5-6-21-19(16)31-11-13-12-32-8-7-25(13)20(27)15-4-2-1-3-14(15)18(24-30)9-22-28/h1-6,10,13,18H,7-9,11-12H2. The molecule has 0 spiro atoms. The van der Waals surface area contributed by atoms with Crippen molar-refractivity contribution in [3.8, 4) is 5.88 Å². The van der Waals surface area contributed by atoms with E-state index in [9.17, 15) is 24.3 Å². The Labute approximate surface area is 186 Å². The first-order valence-corrected chi connectivity index (χ1v) is 10.8. The number of amides is 1. The summed E-state index contributed by atoms with van der Waals surface area (Å²) in [5.74, 6) is 0.905. The van der Waals surface area contributed by atoms with E-state index >= 15 is 0 Å². The molecule has 1 aromatic carbocycles. The number of pyridine rings is 1. The maximum absolute atomic E-state index is 13.4. The van der Waals surface area contributed by atoms with E-state index in [4.69, 9.17) is 4.74 Å². The molecule has 3 rings (SSSR count). The minimum atomic E-state index is -1.06. The largest absolute Gasteiger partial charge is 0.475 e. The van der Waals surface area contributed by atoms with Crippen molar-refractivity contribution in [3.63, 3.8) is 0 Å². The highest BCUT2D eigenvalue weighted by Crippen LogP contribution is 2.28. The highest BCUT2D eigenvalue weighted by molar-refractivity contribution is 7.99. The van der Waals surface area contributed by atoms with Gasteiger partial charge in [-0.3, -0.25) is 9.59 Å². The minimum absolute atomic E-state index is 0.0301. The lowest BCUT2D eigenvalue weighted by atomic mass is 9.99. The molecule has 1 amide bonds. The summed E-state index contributed by atoms with van der Waals surface area (Å²) in [6.07, 6.45) is 1.75. The summed E-state index contributed by atoms with van der Waals surface area (Å²) < 4.78 is 5.69. The van der Waals surface area contributed by atoms with E-state index in [1.807, 2.05) is 0 Å². The maximum Gasteiger partial charge on any atom is 0.254 e. The number of thioether (sulfide) groups is 1. The molecule has 11 nitrogen and oxygen atoms in total. The molecular formula is C20H19N5O6S. The molecule has 1 fully saturated rings. The van der Waals surface area contributed by atoms with Crippen LogP contribution in [0.15, 0.2) is 52.1 Å². The third-order valence-electron chi connectivity index (χ3n) is 4.97. The quantitative estimate of drug-likeness (QED) is 0.389. The Kier molecular flexibility index (Phi) is 8.08. The van der Waals surface area contributed by atoms with Crippen LogP contribution in [0.5, 0.6) is 5.88 Å². The molecule has 0 saturated carbocycles. The van der Waals surface area contributed by atoms with Crippen LogP contribution in [-0.2, 0) is 0 Å². The van der Waals surface area contributed by atoms with Crippen molar-refractivity contribution in [2.24, 2.45) is 15.5 Å². The SMILES string of the molecule is O=Cc1c(N=O)ccnc1OCC1CSCCN1C(=O)c1ccccc1C(CN=O)N=O. The summed E-state index contributed by atoms with van der Waals surface area (Å²) in [6, 6.07) is 6.35. The second-order valence-corrected chi connectivity index (χ2v) is 7.97. The maximum atomic E-state index is 13.4. The van der Waals surface area contributed by atoms with Gasteiger partial charge >= 0.3 is 0 Å². The third kappa shape index (κ3) is 5.02. The van der Waals surface area contributed by atoms with Crippen LogP contribution in [0.25, 0.3) is 0 Å². The Bertz CT molecular complexity index is 1020. The number of nitrogens with zero attached hydrogens (tertiary/aromatic N) is 5. The van der Waals surface area contributed by atoms with Gasteiger partial charge < -0.3 is 9.64 Å². The molecule has 12 heteroatoms. The highest BCUT2D eigenvalue weighted by atomic mass is 32.2. The first-order valence-electron chi connectivity index (χ1n) is 9.64. The molecule has 2 unspecified atom stereocenters. The van der Waals surface area contributed by atoms with Crippen LogP contribution in [0.2, 0.25) is 0 Å². The van der Waals surface area contributed by atoms with E-state index in [1.165, 1.54) is 12.3 Å². The fourth-order valence-electron chi connectivity index (χ4n) is 3.38. The zero-order chi connectivity index (χ0) is 22.9. The number of carbonyl (C=O) groups excluding carboxylic acids is 2. The summed E-state index contributed by atoms with van der Waals surface area (Å²) in [6.45, 7) is 0.0978. The van der Waals surface area contributed by atoms with Crippen LogP contribution in [0.3, 0.4) is 0 Å². The highest BCUT2D eigenvalue weighted by Gasteiger charge is 2.31. The van der Waals surface area contributed by atoms with Gasteiger partial charge in [-0.15, -0.1) is 4.91 Å². The summed E-state index contributed by atoms with van der Waals surface area (Å²) >= 11 is 1.64. The van der Waals surface area contributed by atoms with Crippen LogP contribution < -0.4 is 4.74 Å². The molecule has 0 aliphatic carbocycles.